The van der Waals surface area contributed by atoms with Gasteiger partial charge in [-0.2, -0.15) is 0 Å². The van der Waals surface area contributed by atoms with Crippen LogP contribution in [0, 0.1) is 0 Å². The maximum Gasteiger partial charge on any atom is 0.0568 e. The van der Waals surface area contributed by atoms with Crippen molar-refractivity contribution in [3.8, 4) is 0 Å². The van der Waals surface area contributed by atoms with Gasteiger partial charge < -0.3 is 5.11 Å². The molecule has 0 aliphatic heterocycles. The molecule has 0 saturated heterocycles. The molecular weight excluding hydrogens is 188 g/mol. The summed E-state index contributed by atoms with van der Waals surface area (Å²) in [5.74, 6) is 0. The van der Waals surface area contributed by atoms with Gasteiger partial charge in [0.1, 0.15) is 0 Å². The predicted molar refractivity (Wildman–Crippen MR) is 71.8 cm³/mol. The summed E-state index contributed by atoms with van der Waals surface area (Å²) >= 11 is 0. The highest BCUT2D eigenvalue weighted by Crippen LogP contribution is 2.25. The van der Waals surface area contributed by atoms with Crippen LogP contribution in [0.3, 0.4) is 0 Å². The van der Waals surface area contributed by atoms with Crippen LogP contribution in [0.4, 0.5) is 0 Å². The average Bonchev–Trinajstić information content (AvgIpc) is 1.78. The highest BCUT2D eigenvalue weighted by atomic mass is 28.3. The molecule has 0 rings (SSSR count). The van der Waals surface area contributed by atoms with Crippen molar-refractivity contribution in [2.75, 3.05) is 0 Å². The van der Waals surface area contributed by atoms with E-state index in [0.717, 1.165) is 6.04 Å². The summed E-state index contributed by atoms with van der Waals surface area (Å²) in [6.07, 6.45) is 2.61. The highest BCUT2D eigenvalue weighted by Gasteiger charge is 2.27. The SMILES string of the molecule is C.C.CCCC[Si](C)(C)CC(C)(C)O. The third kappa shape index (κ3) is 12.2. The largest absolute Gasteiger partial charge is 0.391 e. The fourth-order valence-corrected chi connectivity index (χ4v) is 5.74. The molecule has 0 aliphatic rings. The molecule has 0 aromatic heterocycles. The topological polar surface area (TPSA) is 20.2 Å². The molecule has 0 atom stereocenters. The van der Waals surface area contributed by atoms with Gasteiger partial charge in [-0.15, -0.1) is 0 Å². The van der Waals surface area contributed by atoms with Gasteiger partial charge in [0.2, 0.25) is 0 Å². The monoisotopic (exact) mass is 220 g/mol. The fraction of sp³-hybridized carbons (Fsp3) is 1.00. The van der Waals surface area contributed by atoms with E-state index in [0.29, 0.717) is 0 Å². The molecule has 0 aromatic rings. The molecule has 0 saturated carbocycles. The molecule has 0 radical (unpaired) electrons. The Balaban J connectivity index is -0.000000605. The van der Waals surface area contributed by atoms with Gasteiger partial charge in [0.15, 0.2) is 0 Å². The van der Waals surface area contributed by atoms with Gasteiger partial charge >= 0.3 is 0 Å². The van der Waals surface area contributed by atoms with Crippen LogP contribution in [0.15, 0.2) is 0 Å². The quantitative estimate of drug-likeness (QED) is 0.675. The van der Waals surface area contributed by atoms with E-state index in [4.69, 9.17) is 0 Å². The van der Waals surface area contributed by atoms with Crippen molar-refractivity contribution < 1.29 is 5.11 Å². The van der Waals surface area contributed by atoms with Crippen molar-refractivity contribution in [1.82, 2.24) is 0 Å². The van der Waals surface area contributed by atoms with Gasteiger partial charge in [-0.1, -0.05) is 53.8 Å². The summed E-state index contributed by atoms with van der Waals surface area (Å²) in [6.45, 7) is 10.8. The molecule has 0 aliphatic carbocycles. The Bertz CT molecular complexity index is 125. The summed E-state index contributed by atoms with van der Waals surface area (Å²) in [5, 5.41) is 9.69. The first kappa shape index (κ1) is 19.7. The second-order valence-corrected chi connectivity index (χ2v) is 10.4. The minimum atomic E-state index is -1.11. The van der Waals surface area contributed by atoms with Crippen LogP contribution in [-0.4, -0.2) is 18.8 Å². The van der Waals surface area contributed by atoms with E-state index < -0.39 is 13.7 Å². The number of aliphatic hydroxyl groups is 1. The number of hydrogen-bond donors (Lipinski definition) is 1. The van der Waals surface area contributed by atoms with Crippen LogP contribution < -0.4 is 0 Å². The molecule has 0 heterocycles. The Hall–Kier alpha value is 0.177. The summed E-state index contributed by atoms with van der Waals surface area (Å²) in [4.78, 5) is 0. The van der Waals surface area contributed by atoms with Gasteiger partial charge in [0.25, 0.3) is 0 Å². The van der Waals surface area contributed by atoms with Crippen LogP contribution in [0.5, 0.6) is 0 Å². The molecule has 1 nitrogen and oxygen atoms in total. The van der Waals surface area contributed by atoms with E-state index >= 15 is 0 Å². The van der Waals surface area contributed by atoms with Gasteiger partial charge in [-0.3, -0.25) is 0 Å². The Morgan fingerprint density at radius 1 is 1.14 bits per heavy atom. The molecule has 0 spiro atoms. The van der Waals surface area contributed by atoms with E-state index in [1.807, 2.05) is 13.8 Å². The van der Waals surface area contributed by atoms with Crippen LogP contribution in [0.2, 0.25) is 25.2 Å². The highest BCUT2D eigenvalue weighted by molar-refractivity contribution is 6.77. The van der Waals surface area contributed by atoms with Crippen molar-refractivity contribution in [3.63, 3.8) is 0 Å². The summed E-state index contributed by atoms with van der Waals surface area (Å²) in [7, 11) is -1.11. The minimum Gasteiger partial charge on any atom is -0.391 e. The van der Waals surface area contributed by atoms with Crippen LogP contribution in [0.25, 0.3) is 0 Å². The van der Waals surface area contributed by atoms with Crippen molar-refractivity contribution in [1.29, 1.82) is 0 Å². The molecule has 0 amide bonds. The summed E-state index contributed by atoms with van der Waals surface area (Å²) in [5.41, 5.74) is -0.455. The second-order valence-electron chi connectivity index (χ2n) is 5.26. The first-order chi connectivity index (χ1) is 5.27. The van der Waals surface area contributed by atoms with Gasteiger partial charge in [0, 0.05) is 0 Å². The normalized spacial score (nSPS) is 11.6. The molecule has 90 valence electrons. The molecule has 0 fully saturated rings. The second kappa shape index (κ2) is 7.47. The minimum absolute atomic E-state index is 0. The predicted octanol–water partition coefficient (Wildman–Crippen LogP) is 4.54. The van der Waals surface area contributed by atoms with Crippen LogP contribution in [-0.2, 0) is 0 Å². The molecule has 0 bridgehead atoms. The zero-order chi connectivity index (χ0) is 9.83. The van der Waals surface area contributed by atoms with E-state index in [-0.39, 0.29) is 14.9 Å². The lowest BCUT2D eigenvalue weighted by atomic mass is 10.2. The number of unbranched alkanes of at least 4 members (excludes halogenated alkanes) is 1. The molecule has 1 N–H and O–H groups in total. The maximum absolute atomic E-state index is 9.69. The standard InChI is InChI=1S/C10H24OSi.2CH4/c1-6-7-8-12(4,5)9-10(2,3)11;;/h11H,6-9H2,1-5H3;2*1H4. The Morgan fingerprint density at radius 2 is 1.57 bits per heavy atom. The van der Waals surface area contributed by atoms with Crippen molar-refractivity contribution in [3.05, 3.63) is 0 Å². The zero-order valence-electron chi connectivity index (χ0n) is 9.28. The molecule has 2 heteroatoms. The van der Waals surface area contributed by atoms with Crippen molar-refractivity contribution >= 4 is 8.07 Å². The van der Waals surface area contributed by atoms with Crippen molar-refractivity contribution in [2.24, 2.45) is 0 Å². The van der Waals surface area contributed by atoms with Gasteiger partial charge in [0.05, 0.1) is 13.7 Å². The lowest BCUT2D eigenvalue weighted by Gasteiger charge is -2.29. The lowest BCUT2D eigenvalue weighted by molar-refractivity contribution is 0.0997. The van der Waals surface area contributed by atoms with E-state index in [9.17, 15) is 5.11 Å². The average molecular weight is 220 g/mol. The first-order valence-electron chi connectivity index (χ1n) is 4.99. The molecular formula is C12H32OSi. The smallest absolute Gasteiger partial charge is 0.0568 e. The van der Waals surface area contributed by atoms with Gasteiger partial charge in [-0.05, 0) is 19.9 Å². The molecule has 14 heavy (non-hydrogen) atoms. The van der Waals surface area contributed by atoms with E-state index in [1.165, 1.54) is 18.9 Å². The molecule has 0 unspecified atom stereocenters. The molecule has 0 aromatic carbocycles. The summed E-state index contributed by atoms with van der Waals surface area (Å²) in [6, 6.07) is 2.38. The van der Waals surface area contributed by atoms with Gasteiger partial charge in [-0.25, -0.2) is 0 Å². The maximum atomic E-state index is 9.69. The Kier molecular flexibility index (Phi) is 10.5. The Labute approximate surface area is 92.9 Å². The number of rotatable bonds is 5. The zero-order valence-corrected chi connectivity index (χ0v) is 10.3. The van der Waals surface area contributed by atoms with E-state index in [2.05, 4.69) is 20.0 Å². The van der Waals surface area contributed by atoms with Crippen molar-refractivity contribution in [2.45, 2.75) is 79.2 Å². The summed E-state index contributed by atoms with van der Waals surface area (Å²) < 4.78 is 0. The third-order valence-electron chi connectivity index (χ3n) is 2.12. The number of hydrogen-bond acceptors (Lipinski definition) is 1. The lowest BCUT2D eigenvalue weighted by Crippen LogP contribution is -2.35. The van der Waals surface area contributed by atoms with E-state index in [1.54, 1.807) is 0 Å². The first-order valence-corrected chi connectivity index (χ1v) is 8.41. The van der Waals surface area contributed by atoms with Crippen LogP contribution in [0.1, 0.15) is 48.5 Å². The third-order valence-corrected chi connectivity index (χ3v) is 5.65. The van der Waals surface area contributed by atoms with Crippen LogP contribution >= 0.6 is 0 Å². The fourth-order valence-electron chi connectivity index (χ4n) is 1.91. The Morgan fingerprint density at radius 3 is 1.86 bits per heavy atom.